The molecule has 1 amide bonds. The van der Waals surface area contributed by atoms with Gasteiger partial charge in [0.1, 0.15) is 0 Å². The largest absolute Gasteiger partial charge is 0.348 e. The summed E-state index contributed by atoms with van der Waals surface area (Å²) in [5.74, 6) is -2.41. The van der Waals surface area contributed by atoms with Crippen molar-refractivity contribution in [2.75, 3.05) is 0 Å². The Balaban J connectivity index is 1.67. The summed E-state index contributed by atoms with van der Waals surface area (Å²) in [6, 6.07) is 9.15. The van der Waals surface area contributed by atoms with Crippen LogP contribution < -0.4 is 10.6 Å². The van der Waals surface area contributed by atoms with Gasteiger partial charge in [0, 0.05) is 25.2 Å². The van der Waals surface area contributed by atoms with Crippen LogP contribution in [-0.4, -0.2) is 5.91 Å². The van der Waals surface area contributed by atoms with Crippen molar-refractivity contribution in [2.45, 2.75) is 19.6 Å². The summed E-state index contributed by atoms with van der Waals surface area (Å²) in [5, 5.41) is 5.96. The number of carbonyl (C=O) groups is 1. The third-order valence-corrected chi connectivity index (χ3v) is 3.54. The second-order valence-electron chi connectivity index (χ2n) is 5.02. The Morgan fingerprint density at radius 2 is 1.86 bits per heavy atom. The lowest BCUT2D eigenvalue weighted by molar-refractivity contribution is 0.0950. The fourth-order valence-electron chi connectivity index (χ4n) is 2.38. The first kappa shape index (κ1) is 13.7. The zero-order valence-corrected chi connectivity index (χ0v) is 11.2. The highest BCUT2D eigenvalue weighted by Crippen LogP contribution is 2.17. The van der Waals surface area contributed by atoms with Crippen molar-refractivity contribution >= 4 is 5.91 Å². The molecule has 21 heavy (non-hydrogen) atoms. The zero-order chi connectivity index (χ0) is 14.8. The van der Waals surface area contributed by atoms with E-state index in [-0.39, 0.29) is 5.56 Å². The molecule has 0 atom stereocenters. The summed E-state index contributed by atoms with van der Waals surface area (Å²) in [5.41, 5.74) is 3.59. The molecule has 3 nitrogen and oxygen atoms in total. The van der Waals surface area contributed by atoms with Crippen LogP contribution in [0.2, 0.25) is 0 Å². The molecule has 0 unspecified atom stereocenters. The minimum absolute atomic E-state index is 0.108. The van der Waals surface area contributed by atoms with Crippen LogP contribution in [0, 0.1) is 11.6 Å². The molecule has 1 aliphatic heterocycles. The van der Waals surface area contributed by atoms with E-state index in [1.807, 2.05) is 18.2 Å². The van der Waals surface area contributed by atoms with E-state index >= 15 is 0 Å². The van der Waals surface area contributed by atoms with Crippen molar-refractivity contribution in [1.82, 2.24) is 10.6 Å². The average Bonchev–Trinajstić information content (AvgIpc) is 2.95. The molecule has 108 valence electrons. The van der Waals surface area contributed by atoms with Crippen LogP contribution in [0.3, 0.4) is 0 Å². The fraction of sp³-hybridized carbons (Fsp3) is 0.188. The molecular formula is C16H14F2N2O. The van der Waals surface area contributed by atoms with Gasteiger partial charge in [0.05, 0.1) is 0 Å². The summed E-state index contributed by atoms with van der Waals surface area (Å²) in [6.45, 7) is 2.06. The highest BCUT2D eigenvalue weighted by atomic mass is 19.2. The Morgan fingerprint density at radius 1 is 1.05 bits per heavy atom. The predicted molar refractivity (Wildman–Crippen MR) is 74.5 cm³/mol. The molecule has 0 fully saturated rings. The molecular weight excluding hydrogens is 274 g/mol. The Kier molecular flexibility index (Phi) is 3.66. The number of hydrogen-bond acceptors (Lipinski definition) is 2. The lowest BCUT2D eigenvalue weighted by atomic mass is 10.1. The SMILES string of the molecule is O=C(NCc1ccc2c(c1)CNC2)c1ccc(F)c(F)c1. The first-order chi connectivity index (χ1) is 10.1. The Hall–Kier alpha value is -2.27. The van der Waals surface area contributed by atoms with Gasteiger partial charge in [0.2, 0.25) is 0 Å². The lowest BCUT2D eigenvalue weighted by Gasteiger charge is -2.07. The van der Waals surface area contributed by atoms with Gasteiger partial charge in [0.15, 0.2) is 11.6 Å². The standard InChI is InChI=1S/C16H14F2N2O/c17-14-4-3-11(6-15(14)18)16(21)20-7-10-1-2-12-8-19-9-13(12)5-10/h1-6,19H,7-9H2,(H,20,21). The Morgan fingerprint density at radius 3 is 2.67 bits per heavy atom. The zero-order valence-electron chi connectivity index (χ0n) is 11.2. The molecule has 2 aromatic carbocycles. The number of benzene rings is 2. The van der Waals surface area contributed by atoms with Crippen molar-refractivity contribution in [1.29, 1.82) is 0 Å². The van der Waals surface area contributed by atoms with Crippen LogP contribution >= 0.6 is 0 Å². The Labute approximate surface area is 121 Å². The minimum atomic E-state index is -1.02. The van der Waals surface area contributed by atoms with E-state index in [0.29, 0.717) is 6.54 Å². The van der Waals surface area contributed by atoms with Crippen molar-refractivity contribution in [3.63, 3.8) is 0 Å². The summed E-state index contributed by atoms with van der Waals surface area (Å²) in [7, 11) is 0. The van der Waals surface area contributed by atoms with Crippen LogP contribution in [0.4, 0.5) is 8.78 Å². The predicted octanol–water partition coefficient (Wildman–Crippen LogP) is 2.50. The van der Waals surface area contributed by atoms with Crippen LogP contribution in [0.5, 0.6) is 0 Å². The number of halogens is 2. The number of hydrogen-bond donors (Lipinski definition) is 2. The molecule has 2 N–H and O–H groups in total. The molecule has 0 aliphatic carbocycles. The van der Waals surface area contributed by atoms with Gasteiger partial charge in [-0.3, -0.25) is 4.79 Å². The maximum Gasteiger partial charge on any atom is 0.251 e. The number of amides is 1. The molecule has 0 aromatic heterocycles. The monoisotopic (exact) mass is 288 g/mol. The summed E-state index contributed by atoms with van der Waals surface area (Å²) in [6.07, 6.45) is 0. The van der Waals surface area contributed by atoms with Gasteiger partial charge in [-0.2, -0.15) is 0 Å². The van der Waals surface area contributed by atoms with E-state index in [1.165, 1.54) is 17.2 Å². The van der Waals surface area contributed by atoms with E-state index in [1.54, 1.807) is 0 Å². The van der Waals surface area contributed by atoms with E-state index in [0.717, 1.165) is 30.8 Å². The van der Waals surface area contributed by atoms with Gasteiger partial charge in [0.25, 0.3) is 5.91 Å². The maximum atomic E-state index is 13.1. The van der Waals surface area contributed by atoms with Crippen molar-refractivity contribution in [3.8, 4) is 0 Å². The minimum Gasteiger partial charge on any atom is -0.348 e. The van der Waals surface area contributed by atoms with Crippen LogP contribution in [0.25, 0.3) is 0 Å². The first-order valence-electron chi connectivity index (χ1n) is 6.68. The Bertz CT molecular complexity index is 701. The van der Waals surface area contributed by atoms with Gasteiger partial charge in [-0.25, -0.2) is 8.78 Å². The number of rotatable bonds is 3. The van der Waals surface area contributed by atoms with E-state index < -0.39 is 17.5 Å². The summed E-state index contributed by atoms with van der Waals surface area (Å²) >= 11 is 0. The van der Waals surface area contributed by atoms with Crippen molar-refractivity contribution in [3.05, 3.63) is 70.3 Å². The topological polar surface area (TPSA) is 41.1 Å². The third-order valence-electron chi connectivity index (χ3n) is 3.54. The average molecular weight is 288 g/mol. The van der Waals surface area contributed by atoms with Gasteiger partial charge >= 0.3 is 0 Å². The number of nitrogens with one attached hydrogen (secondary N) is 2. The highest BCUT2D eigenvalue weighted by Gasteiger charge is 2.12. The van der Waals surface area contributed by atoms with Gasteiger partial charge in [-0.1, -0.05) is 18.2 Å². The molecule has 1 heterocycles. The maximum absolute atomic E-state index is 13.1. The van der Waals surface area contributed by atoms with Crippen molar-refractivity contribution in [2.24, 2.45) is 0 Å². The molecule has 1 aliphatic rings. The van der Waals surface area contributed by atoms with Gasteiger partial charge in [-0.05, 0) is 34.9 Å². The van der Waals surface area contributed by atoms with Crippen LogP contribution in [0.1, 0.15) is 27.0 Å². The van der Waals surface area contributed by atoms with E-state index in [9.17, 15) is 13.6 Å². The second kappa shape index (κ2) is 5.61. The molecule has 0 spiro atoms. The van der Waals surface area contributed by atoms with Gasteiger partial charge in [-0.15, -0.1) is 0 Å². The number of carbonyl (C=O) groups excluding carboxylic acids is 1. The fourth-order valence-corrected chi connectivity index (χ4v) is 2.38. The van der Waals surface area contributed by atoms with E-state index in [2.05, 4.69) is 10.6 Å². The summed E-state index contributed by atoms with van der Waals surface area (Å²) in [4.78, 5) is 11.9. The molecule has 0 saturated carbocycles. The quantitative estimate of drug-likeness (QED) is 0.911. The molecule has 2 aromatic rings. The summed E-state index contributed by atoms with van der Waals surface area (Å²) < 4.78 is 25.9. The third kappa shape index (κ3) is 2.92. The highest BCUT2D eigenvalue weighted by molar-refractivity contribution is 5.94. The number of fused-ring (bicyclic) bond motifs is 1. The lowest BCUT2D eigenvalue weighted by Crippen LogP contribution is -2.23. The van der Waals surface area contributed by atoms with Crippen LogP contribution in [0.15, 0.2) is 36.4 Å². The molecule has 0 saturated heterocycles. The smallest absolute Gasteiger partial charge is 0.251 e. The molecule has 3 rings (SSSR count). The van der Waals surface area contributed by atoms with E-state index in [4.69, 9.17) is 0 Å². The van der Waals surface area contributed by atoms with Gasteiger partial charge < -0.3 is 10.6 Å². The molecule has 0 radical (unpaired) electrons. The van der Waals surface area contributed by atoms with Crippen LogP contribution in [-0.2, 0) is 19.6 Å². The van der Waals surface area contributed by atoms with Crippen molar-refractivity contribution < 1.29 is 13.6 Å². The first-order valence-corrected chi connectivity index (χ1v) is 6.68. The normalized spacial score (nSPS) is 13.0. The molecule has 5 heteroatoms. The molecule has 0 bridgehead atoms. The second-order valence-corrected chi connectivity index (χ2v) is 5.02.